The Hall–Kier alpha value is -1.69. The van der Waals surface area contributed by atoms with Gasteiger partial charge in [-0.3, -0.25) is 9.36 Å². The average molecular weight is 295 g/mol. The van der Waals surface area contributed by atoms with E-state index in [4.69, 9.17) is 16.1 Å². The highest BCUT2D eigenvalue weighted by atomic mass is 35.5. The first kappa shape index (κ1) is 13.3. The van der Waals surface area contributed by atoms with Crippen molar-refractivity contribution in [3.05, 3.63) is 39.1 Å². The molecule has 7 heteroatoms. The minimum atomic E-state index is -0.208. The minimum Gasteiger partial charge on any atom is -0.337 e. The van der Waals surface area contributed by atoms with Crippen LogP contribution < -0.4 is 5.56 Å². The van der Waals surface area contributed by atoms with Gasteiger partial charge in [-0.2, -0.15) is 4.98 Å². The second-order valence-corrected chi connectivity index (χ2v) is 5.72. The normalized spacial score (nSPS) is 15.0. The van der Waals surface area contributed by atoms with Gasteiger partial charge in [-0.15, -0.1) is 0 Å². The summed E-state index contributed by atoms with van der Waals surface area (Å²) in [7, 11) is 0. The fourth-order valence-electron chi connectivity index (χ4n) is 2.07. The molecule has 0 aromatic carbocycles. The van der Waals surface area contributed by atoms with Gasteiger partial charge in [0.1, 0.15) is 17.5 Å². The van der Waals surface area contributed by atoms with E-state index < -0.39 is 0 Å². The molecule has 1 aliphatic rings. The first-order valence-electron chi connectivity index (χ1n) is 6.64. The third kappa shape index (κ3) is 2.60. The van der Waals surface area contributed by atoms with E-state index in [1.54, 1.807) is 0 Å². The maximum Gasteiger partial charge on any atom is 0.255 e. The number of nitrogens with zero attached hydrogens (tertiary/aromatic N) is 4. The van der Waals surface area contributed by atoms with Crippen molar-refractivity contribution in [2.75, 3.05) is 0 Å². The molecule has 0 unspecified atom stereocenters. The molecule has 2 aromatic heterocycles. The van der Waals surface area contributed by atoms with Gasteiger partial charge in [0.2, 0.25) is 5.89 Å². The van der Waals surface area contributed by atoms with Crippen LogP contribution in [-0.4, -0.2) is 19.7 Å². The molecule has 20 heavy (non-hydrogen) atoms. The Morgan fingerprint density at radius 3 is 2.85 bits per heavy atom. The van der Waals surface area contributed by atoms with Crippen molar-refractivity contribution >= 4 is 11.6 Å². The van der Waals surface area contributed by atoms with Gasteiger partial charge in [-0.25, -0.2) is 4.98 Å². The van der Waals surface area contributed by atoms with Crippen LogP contribution in [0.4, 0.5) is 0 Å². The van der Waals surface area contributed by atoms with Crippen LogP contribution in [0.2, 0.25) is 5.15 Å². The summed E-state index contributed by atoms with van der Waals surface area (Å²) in [6.45, 7) is 4.15. The molecule has 6 nitrogen and oxygen atoms in total. The standard InChI is InChI=1S/C13H15ClN4O2/c1-7(2)13-15-9(14)5-11(19)18(13)6-10-16-12(17-20-10)8-3-4-8/h5,7-8H,3-4,6H2,1-2H3. The lowest BCUT2D eigenvalue weighted by Gasteiger charge is -2.12. The number of hydrogen-bond acceptors (Lipinski definition) is 5. The first-order valence-corrected chi connectivity index (χ1v) is 7.02. The molecule has 0 bridgehead atoms. The van der Waals surface area contributed by atoms with Crippen molar-refractivity contribution in [2.45, 2.75) is 45.1 Å². The highest BCUT2D eigenvalue weighted by Gasteiger charge is 2.29. The van der Waals surface area contributed by atoms with E-state index in [9.17, 15) is 4.79 Å². The quantitative estimate of drug-likeness (QED) is 0.809. The van der Waals surface area contributed by atoms with E-state index in [2.05, 4.69) is 15.1 Å². The molecule has 1 fully saturated rings. The Morgan fingerprint density at radius 1 is 1.45 bits per heavy atom. The third-order valence-corrected chi connectivity index (χ3v) is 3.44. The van der Waals surface area contributed by atoms with Gasteiger partial charge in [0, 0.05) is 17.9 Å². The Balaban J connectivity index is 1.94. The Bertz CT molecular complexity index is 688. The minimum absolute atomic E-state index is 0.0761. The van der Waals surface area contributed by atoms with Crippen molar-refractivity contribution in [3.63, 3.8) is 0 Å². The predicted molar refractivity (Wildman–Crippen MR) is 73.0 cm³/mol. The monoisotopic (exact) mass is 294 g/mol. The van der Waals surface area contributed by atoms with Crippen molar-refractivity contribution in [2.24, 2.45) is 0 Å². The maximum absolute atomic E-state index is 12.1. The van der Waals surface area contributed by atoms with E-state index in [-0.39, 0.29) is 23.2 Å². The van der Waals surface area contributed by atoms with Crippen molar-refractivity contribution in [1.82, 2.24) is 19.7 Å². The lowest BCUT2D eigenvalue weighted by atomic mass is 10.2. The second-order valence-electron chi connectivity index (χ2n) is 5.34. The molecule has 0 atom stereocenters. The highest BCUT2D eigenvalue weighted by Crippen LogP contribution is 2.38. The zero-order chi connectivity index (χ0) is 14.3. The summed E-state index contributed by atoms with van der Waals surface area (Å²) < 4.78 is 6.74. The zero-order valence-electron chi connectivity index (χ0n) is 11.3. The molecule has 1 aliphatic carbocycles. The molecule has 2 heterocycles. The van der Waals surface area contributed by atoms with E-state index in [0.717, 1.165) is 18.7 Å². The summed E-state index contributed by atoms with van der Waals surface area (Å²) in [6.07, 6.45) is 2.22. The molecule has 3 rings (SSSR count). The number of rotatable bonds is 4. The summed E-state index contributed by atoms with van der Waals surface area (Å²) in [6, 6.07) is 1.30. The molecule has 0 saturated heterocycles. The van der Waals surface area contributed by atoms with Crippen LogP contribution in [0.1, 0.15) is 56.1 Å². The van der Waals surface area contributed by atoms with Gasteiger partial charge in [-0.05, 0) is 12.8 Å². The van der Waals surface area contributed by atoms with Gasteiger partial charge >= 0.3 is 0 Å². The van der Waals surface area contributed by atoms with Crippen LogP contribution in [0, 0.1) is 0 Å². The second kappa shape index (κ2) is 5.01. The first-order chi connectivity index (χ1) is 9.54. The van der Waals surface area contributed by atoms with Gasteiger partial charge in [-0.1, -0.05) is 30.6 Å². The summed E-state index contributed by atoms with van der Waals surface area (Å²) >= 11 is 5.85. The van der Waals surface area contributed by atoms with Crippen molar-refractivity contribution in [1.29, 1.82) is 0 Å². The van der Waals surface area contributed by atoms with E-state index in [1.165, 1.54) is 10.6 Å². The lowest BCUT2D eigenvalue weighted by Crippen LogP contribution is -2.26. The molecule has 1 saturated carbocycles. The summed E-state index contributed by atoms with van der Waals surface area (Å²) in [5.41, 5.74) is -0.208. The predicted octanol–water partition coefficient (Wildman–Crippen LogP) is 2.33. The molecule has 0 amide bonds. The summed E-state index contributed by atoms with van der Waals surface area (Å²) in [5.74, 6) is 2.29. The van der Waals surface area contributed by atoms with Crippen LogP contribution in [0.3, 0.4) is 0 Å². The van der Waals surface area contributed by atoms with Crippen molar-refractivity contribution < 1.29 is 4.52 Å². The molecule has 2 aromatic rings. The Morgan fingerprint density at radius 2 is 2.20 bits per heavy atom. The fraction of sp³-hybridized carbons (Fsp3) is 0.538. The molecule has 0 N–H and O–H groups in total. The lowest BCUT2D eigenvalue weighted by molar-refractivity contribution is 0.361. The van der Waals surface area contributed by atoms with Gasteiger partial charge in [0.25, 0.3) is 5.56 Å². The molecule has 106 valence electrons. The molecule has 0 spiro atoms. The maximum atomic E-state index is 12.1. The smallest absolute Gasteiger partial charge is 0.255 e. The Kier molecular flexibility index (Phi) is 3.33. The molecular formula is C13H15ClN4O2. The van der Waals surface area contributed by atoms with Crippen LogP contribution in [0.15, 0.2) is 15.4 Å². The van der Waals surface area contributed by atoms with Gasteiger partial charge in [0.05, 0.1) is 0 Å². The topological polar surface area (TPSA) is 73.8 Å². The van der Waals surface area contributed by atoms with E-state index in [0.29, 0.717) is 17.6 Å². The number of aromatic nitrogens is 4. The summed E-state index contributed by atoms with van der Waals surface area (Å²) in [4.78, 5) is 20.6. The van der Waals surface area contributed by atoms with Crippen LogP contribution in [-0.2, 0) is 6.54 Å². The van der Waals surface area contributed by atoms with Crippen LogP contribution >= 0.6 is 11.6 Å². The van der Waals surface area contributed by atoms with Gasteiger partial charge in [0.15, 0.2) is 5.82 Å². The summed E-state index contributed by atoms with van der Waals surface area (Å²) in [5, 5.41) is 4.16. The van der Waals surface area contributed by atoms with Crippen LogP contribution in [0.5, 0.6) is 0 Å². The van der Waals surface area contributed by atoms with Crippen molar-refractivity contribution in [3.8, 4) is 0 Å². The van der Waals surface area contributed by atoms with Gasteiger partial charge < -0.3 is 4.52 Å². The highest BCUT2D eigenvalue weighted by molar-refractivity contribution is 6.29. The largest absolute Gasteiger partial charge is 0.337 e. The molecule has 0 aliphatic heterocycles. The Labute approximate surface area is 120 Å². The SMILES string of the molecule is CC(C)c1nc(Cl)cc(=O)n1Cc1nc(C2CC2)no1. The number of hydrogen-bond donors (Lipinski definition) is 0. The molecular weight excluding hydrogens is 280 g/mol. The fourth-order valence-corrected chi connectivity index (χ4v) is 2.25. The van der Waals surface area contributed by atoms with Crippen LogP contribution in [0.25, 0.3) is 0 Å². The number of halogens is 1. The molecule has 0 radical (unpaired) electrons. The van der Waals surface area contributed by atoms with E-state index in [1.807, 2.05) is 13.8 Å². The zero-order valence-corrected chi connectivity index (χ0v) is 12.1. The average Bonchev–Trinajstić information content (AvgIpc) is 3.12. The third-order valence-electron chi connectivity index (χ3n) is 3.24. The van der Waals surface area contributed by atoms with E-state index >= 15 is 0 Å².